The minimum Gasteiger partial charge on any atom is -0.496 e. The van der Waals surface area contributed by atoms with Crippen LogP contribution in [0, 0.1) is 6.92 Å². The monoisotopic (exact) mass is 454 g/mol. The molecule has 0 aromatic heterocycles. The molecule has 0 bridgehead atoms. The van der Waals surface area contributed by atoms with Crippen LogP contribution in [0.1, 0.15) is 24.1 Å². The van der Waals surface area contributed by atoms with Crippen LogP contribution in [0.2, 0.25) is 0 Å². The summed E-state index contributed by atoms with van der Waals surface area (Å²) in [4.78, 5) is 12.4. The number of rotatable bonds is 9. The SMILES string of the molecule is COc1ccccc1C(C)NC(=O)COc1ccc(S(=O)(=O)Nc2cccc(C)c2)cc1. The van der Waals surface area contributed by atoms with Gasteiger partial charge < -0.3 is 14.8 Å². The molecular formula is C24H26N2O5S. The van der Waals surface area contributed by atoms with Gasteiger partial charge in [-0.3, -0.25) is 9.52 Å². The Labute approximate surface area is 188 Å². The fourth-order valence-electron chi connectivity index (χ4n) is 3.17. The molecule has 1 atom stereocenters. The van der Waals surface area contributed by atoms with Gasteiger partial charge in [-0.05, 0) is 61.9 Å². The molecule has 3 rings (SSSR count). The summed E-state index contributed by atoms with van der Waals surface area (Å²) < 4.78 is 38.5. The third kappa shape index (κ3) is 6.01. The van der Waals surface area contributed by atoms with E-state index in [2.05, 4.69) is 10.0 Å². The van der Waals surface area contributed by atoms with Crippen molar-refractivity contribution in [1.82, 2.24) is 5.32 Å². The lowest BCUT2D eigenvalue weighted by atomic mass is 10.1. The smallest absolute Gasteiger partial charge is 0.261 e. The third-order valence-corrected chi connectivity index (χ3v) is 6.15. The van der Waals surface area contributed by atoms with Gasteiger partial charge in [-0.2, -0.15) is 0 Å². The lowest BCUT2D eigenvalue weighted by Crippen LogP contribution is -2.31. The summed E-state index contributed by atoms with van der Waals surface area (Å²) in [6, 6.07) is 20.2. The Morgan fingerprint density at radius 3 is 2.41 bits per heavy atom. The van der Waals surface area contributed by atoms with Gasteiger partial charge in [0.05, 0.1) is 18.0 Å². The van der Waals surface area contributed by atoms with Gasteiger partial charge in [-0.15, -0.1) is 0 Å². The summed E-state index contributed by atoms with van der Waals surface area (Å²) in [6.45, 7) is 3.54. The summed E-state index contributed by atoms with van der Waals surface area (Å²) in [5.41, 5.74) is 2.30. The summed E-state index contributed by atoms with van der Waals surface area (Å²) in [7, 11) is -2.15. The number of anilines is 1. The van der Waals surface area contributed by atoms with Crippen LogP contribution in [0.15, 0.2) is 77.7 Å². The highest BCUT2D eigenvalue weighted by Gasteiger charge is 2.16. The molecule has 3 aromatic carbocycles. The molecule has 0 radical (unpaired) electrons. The summed E-state index contributed by atoms with van der Waals surface area (Å²) in [6.07, 6.45) is 0. The molecule has 0 aliphatic carbocycles. The average Bonchev–Trinajstić information content (AvgIpc) is 2.77. The highest BCUT2D eigenvalue weighted by atomic mass is 32.2. The first-order valence-electron chi connectivity index (χ1n) is 10.0. The molecule has 0 saturated heterocycles. The summed E-state index contributed by atoms with van der Waals surface area (Å²) in [5.74, 6) is 0.776. The Hall–Kier alpha value is -3.52. The molecule has 7 nitrogen and oxygen atoms in total. The lowest BCUT2D eigenvalue weighted by Gasteiger charge is -2.17. The van der Waals surface area contributed by atoms with Crippen molar-refractivity contribution in [3.05, 3.63) is 83.9 Å². The van der Waals surface area contributed by atoms with Crippen molar-refractivity contribution < 1.29 is 22.7 Å². The normalized spacial score (nSPS) is 12.0. The number of carbonyl (C=O) groups is 1. The van der Waals surface area contributed by atoms with Crippen molar-refractivity contribution >= 4 is 21.6 Å². The van der Waals surface area contributed by atoms with Crippen LogP contribution >= 0.6 is 0 Å². The number of carbonyl (C=O) groups excluding carboxylic acids is 1. The Morgan fingerprint density at radius 2 is 1.72 bits per heavy atom. The number of aryl methyl sites for hydroxylation is 1. The van der Waals surface area contributed by atoms with Crippen LogP contribution in [-0.2, 0) is 14.8 Å². The fraction of sp³-hybridized carbons (Fsp3) is 0.208. The number of para-hydroxylation sites is 1. The molecule has 0 heterocycles. The maximum absolute atomic E-state index is 12.6. The van der Waals surface area contributed by atoms with E-state index in [1.807, 2.05) is 44.2 Å². The zero-order valence-corrected chi connectivity index (χ0v) is 19.0. The van der Waals surface area contributed by atoms with Crippen LogP contribution in [-0.4, -0.2) is 28.0 Å². The molecule has 0 fully saturated rings. The number of benzene rings is 3. The first kappa shape index (κ1) is 23.1. The Balaban J connectivity index is 1.57. The zero-order valence-electron chi connectivity index (χ0n) is 18.2. The van der Waals surface area contributed by atoms with Crippen molar-refractivity contribution in [3.8, 4) is 11.5 Å². The molecule has 0 aliphatic heterocycles. The van der Waals surface area contributed by atoms with Gasteiger partial charge in [0.15, 0.2) is 6.61 Å². The summed E-state index contributed by atoms with van der Waals surface area (Å²) >= 11 is 0. The second-order valence-corrected chi connectivity index (χ2v) is 8.95. The number of methoxy groups -OCH3 is 1. The molecule has 0 spiro atoms. The van der Waals surface area contributed by atoms with E-state index in [9.17, 15) is 13.2 Å². The van der Waals surface area contributed by atoms with Crippen LogP contribution < -0.4 is 19.5 Å². The quantitative estimate of drug-likeness (QED) is 0.509. The number of sulfonamides is 1. The molecule has 0 saturated carbocycles. The highest BCUT2D eigenvalue weighted by molar-refractivity contribution is 7.92. The average molecular weight is 455 g/mol. The predicted octanol–water partition coefficient (Wildman–Crippen LogP) is 4.06. The van der Waals surface area contributed by atoms with E-state index in [1.165, 1.54) is 24.3 Å². The van der Waals surface area contributed by atoms with Crippen LogP contribution in [0.5, 0.6) is 11.5 Å². The minimum absolute atomic E-state index is 0.0978. The lowest BCUT2D eigenvalue weighted by molar-refractivity contribution is -0.123. The molecule has 1 amide bonds. The number of ether oxygens (including phenoxy) is 2. The van der Waals surface area contributed by atoms with E-state index in [1.54, 1.807) is 25.3 Å². The Bertz CT molecular complexity index is 1180. The maximum Gasteiger partial charge on any atom is 0.261 e. The molecule has 1 unspecified atom stereocenters. The van der Waals surface area contributed by atoms with Gasteiger partial charge in [0.2, 0.25) is 0 Å². The molecule has 3 aromatic rings. The molecule has 2 N–H and O–H groups in total. The van der Waals surface area contributed by atoms with Gasteiger partial charge in [-0.1, -0.05) is 30.3 Å². The maximum atomic E-state index is 12.6. The van der Waals surface area contributed by atoms with E-state index in [-0.39, 0.29) is 23.5 Å². The molecule has 168 valence electrons. The van der Waals surface area contributed by atoms with Gasteiger partial charge >= 0.3 is 0 Å². The predicted molar refractivity (Wildman–Crippen MR) is 123 cm³/mol. The van der Waals surface area contributed by atoms with Gasteiger partial charge in [0.1, 0.15) is 11.5 Å². The van der Waals surface area contributed by atoms with Crippen molar-refractivity contribution in [3.63, 3.8) is 0 Å². The van der Waals surface area contributed by atoms with Crippen LogP contribution in [0.3, 0.4) is 0 Å². The number of nitrogens with one attached hydrogen (secondary N) is 2. The van der Waals surface area contributed by atoms with Crippen LogP contribution in [0.4, 0.5) is 5.69 Å². The van der Waals surface area contributed by atoms with Gasteiger partial charge in [0.25, 0.3) is 15.9 Å². The van der Waals surface area contributed by atoms with Crippen molar-refractivity contribution in [1.29, 1.82) is 0 Å². The van der Waals surface area contributed by atoms with E-state index < -0.39 is 10.0 Å². The molecule has 8 heteroatoms. The Morgan fingerprint density at radius 1 is 1.00 bits per heavy atom. The number of hydrogen-bond acceptors (Lipinski definition) is 5. The highest BCUT2D eigenvalue weighted by Crippen LogP contribution is 2.24. The molecular weight excluding hydrogens is 428 g/mol. The number of amides is 1. The van der Waals surface area contributed by atoms with Crippen LogP contribution in [0.25, 0.3) is 0 Å². The zero-order chi connectivity index (χ0) is 23.1. The number of hydrogen-bond donors (Lipinski definition) is 2. The standard InChI is InChI=1S/C24H26N2O5S/c1-17-7-6-8-19(15-17)26-32(28,29)21-13-11-20(12-14-21)31-16-24(27)25-18(2)22-9-4-5-10-23(22)30-3/h4-15,18,26H,16H2,1-3H3,(H,25,27). The van der Waals surface area contributed by atoms with Crippen molar-refractivity contribution in [2.24, 2.45) is 0 Å². The van der Waals surface area contributed by atoms with E-state index in [4.69, 9.17) is 9.47 Å². The second-order valence-electron chi connectivity index (χ2n) is 7.27. The van der Waals surface area contributed by atoms with E-state index in [0.29, 0.717) is 17.2 Å². The largest absolute Gasteiger partial charge is 0.496 e. The fourth-order valence-corrected chi connectivity index (χ4v) is 4.22. The molecule has 32 heavy (non-hydrogen) atoms. The van der Waals surface area contributed by atoms with Crippen molar-refractivity contribution in [2.75, 3.05) is 18.4 Å². The summed E-state index contributed by atoms with van der Waals surface area (Å²) in [5, 5.41) is 2.86. The van der Waals surface area contributed by atoms with Crippen molar-refractivity contribution in [2.45, 2.75) is 24.8 Å². The third-order valence-electron chi connectivity index (χ3n) is 4.76. The van der Waals surface area contributed by atoms with Gasteiger partial charge in [-0.25, -0.2) is 8.42 Å². The first-order valence-corrected chi connectivity index (χ1v) is 11.5. The van der Waals surface area contributed by atoms with E-state index in [0.717, 1.165) is 11.1 Å². The van der Waals surface area contributed by atoms with Gasteiger partial charge in [0, 0.05) is 11.3 Å². The van der Waals surface area contributed by atoms with E-state index >= 15 is 0 Å². The topological polar surface area (TPSA) is 93.7 Å². The minimum atomic E-state index is -3.73. The molecule has 0 aliphatic rings. The first-order chi connectivity index (χ1) is 15.3. The Kier molecular flexibility index (Phi) is 7.37. The second kappa shape index (κ2) is 10.2.